The summed E-state index contributed by atoms with van der Waals surface area (Å²) in [5.41, 5.74) is 0. The fourth-order valence-corrected chi connectivity index (χ4v) is 1.28. The SMILES string of the molecule is CN(C)OC(=O)CN1CCNCC1. The van der Waals surface area contributed by atoms with Gasteiger partial charge in [0, 0.05) is 40.3 Å². The molecule has 1 aliphatic heterocycles. The highest BCUT2D eigenvalue weighted by molar-refractivity contribution is 5.71. The number of carbonyl (C=O) groups excluding carboxylic acids is 1. The van der Waals surface area contributed by atoms with Crippen LogP contribution in [0.5, 0.6) is 0 Å². The summed E-state index contributed by atoms with van der Waals surface area (Å²) < 4.78 is 0. The van der Waals surface area contributed by atoms with Crippen molar-refractivity contribution in [2.75, 3.05) is 46.8 Å². The number of rotatable bonds is 3. The second-order valence-corrected chi connectivity index (χ2v) is 3.30. The average molecular weight is 187 g/mol. The van der Waals surface area contributed by atoms with Gasteiger partial charge in [-0.3, -0.25) is 4.90 Å². The smallest absolute Gasteiger partial charge is 0.338 e. The summed E-state index contributed by atoms with van der Waals surface area (Å²) in [6.07, 6.45) is 0. The van der Waals surface area contributed by atoms with Crippen molar-refractivity contribution in [2.24, 2.45) is 0 Å². The third kappa shape index (κ3) is 4.21. The first kappa shape index (κ1) is 10.4. The molecule has 76 valence electrons. The van der Waals surface area contributed by atoms with Gasteiger partial charge in [-0.1, -0.05) is 0 Å². The van der Waals surface area contributed by atoms with Gasteiger partial charge in [-0.15, -0.1) is 5.06 Å². The van der Waals surface area contributed by atoms with Crippen LogP contribution < -0.4 is 5.32 Å². The highest BCUT2D eigenvalue weighted by Crippen LogP contribution is 1.93. The molecule has 0 bridgehead atoms. The fraction of sp³-hybridized carbons (Fsp3) is 0.875. The van der Waals surface area contributed by atoms with E-state index in [2.05, 4.69) is 10.2 Å². The molecular formula is C8H17N3O2. The van der Waals surface area contributed by atoms with Crippen LogP contribution in [-0.2, 0) is 9.63 Å². The van der Waals surface area contributed by atoms with Crippen molar-refractivity contribution in [2.45, 2.75) is 0 Å². The highest BCUT2D eigenvalue weighted by Gasteiger charge is 2.14. The Labute approximate surface area is 78.6 Å². The van der Waals surface area contributed by atoms with E-state index in [1.165, 1.54) is 5.06 Å². The zero-order valence-electron chi connectivity index (χ0n) is 8.25. The molecule has 1 N–H and O–H groups in total. The molecule has 0 aromatic rings. The monoisotopic (exact) mass is 187 g/mol. The fourth-order valence-electron chi connectivity index (χ4n) is 1.28. The summed E-state index contributed by atoms with van der Waals surface area (Å²) in [7, 11) is 3.41. The van der Waals surface area contributed by atoms with Gasteiger partial charge in [0.25, 0.3) is 0 Å². The van der Waals surface area contributed by atoms with Gasteiger partial charge in [-0.05, 0) is 0 Å². The summed E-state index contributed by atoms with van der Waals surface area (Å²) in [6, 6.07) is 0. The number of hydrogen-bond acceptors (Lipinski definition) is 5. The molecule has 1 fully saturated rings. The van der Waals surface area contributed by atoms with Crippen LogP contribution in [0.2, 0.25) is 0 Å². The van der Waals surface area contributed by atoms with E-state index in [4.69, 9.17) is 4.84 Å². The molecule has 0 spiro atoms. The molecule has 5 nitrogen and oxygen atoms in total. The van der Waals surface area contributed by atoms with E-state index in [0.717, 1.165) is 26.2 Å². The van der Waals surface area contributed by atoms with Crippen LogP contribution in [0, 0.1) is 0 Å². The number of nitrogens with one attached hydrogen (secondary N) is 1. The molecule has 0 amide bonds. The highest BCUT2D eigenvalue weighted by atomic mass is 16.7. The Kier molecular flexibility index (Phi) is 4.14. The Bertz CT molecular complexity index is 167. The Hall–Kier alpha value is -0.650. The van der Waals surface area contributed by atoms with Gasteiger partial charge >= 0.3 is 5.97 Å². The van der Waals surface area contributed by atoms with Crippen LogP contribution in [0.25, 0.3) is 0 Å². The van der Waals surface area contributed by atoms with Crippen molar-refractivity contribution in [3.05, 3.63) is 0 Å². The molecule has 0 radical (unpaired) electrons. The summed E-state index contributed by atoms with van der Waals surface area (Å²) in [4.78, 5) is 18.2. The van der Waals surface area contributed by atoms with Crippen molar-refractivity contribution >= 4 is 5.97 Å². The molecule has 13 heavy (non-hydrogen) atoms. The van der Waals surface area contributed by atoms with E-state index in [-0.39, 0.29) is 5.97 Å². The van der Waals surface area contributed by atoms with Crippen LogP contribution in [-0.4, -0.2) is 62.8 Å². The normalized spacial score (nSPS) is 19.0. The Morgan fingerprint density at radius 2 is 2.08 bits per heavy atom. The minimum absolute atomic E-state index is 0.188. The minimum atomic E-state index is -0.188. The molecule has 1 rings (SSSR count). The summed E-state index contributed by atoms with van der Waals surface area (Å²) in [5, 5.41) is 4.65. The minimum Gasteiger partial charge on any atom is -0.367 e. The van der Waals surface area contributed by atoms with Gasteiger partial charge < -0.3 is 10.2 Å². The molecule has 0 atom stereocenters. The van der Waals surface area contributed by atoms with E-state index in [0.29, 0.717) is 6.54 Å². The second-order valence-electron chi connectivity index (χ2n) is 3.30. The van der Waals surface area contributed by atoms with Gasteiger partial charge in [0.05, 0.1) is 6.54 Å². The Morgan fingerprint density at radius 3 is 2.62 bits per heavy atom. The van der Waals surface area contributed by atoms with Crippen molar-refractivity contribution in [1.29, 1.82) is 0 Å². The summed E-state index contributed by atoms with van der Waals surface area (Å²) in [5.74, 6) is -0.188. The van der Waals surface area contributed by atoms with Gasteiger partial charge in [-0.2, -0.15) is 0 Å². The molecule has 0 saturated carbocycles. The van der Waals surface area contributed by atoms with Crippen LogP contribution >= 0.6 is 0 Å². The van der Waals surface area contributed by atoms with Gasteiger partial charge in [0.2, 0.25) is 0 Å². The van der Waals surface area contributed by atoms with Crippen LogP contribution in [0.4, 0.5) is 0 Å². The topological polar surface area (TPSA) is 44.8 Å². The summed E-state index contributed by atoms with van der Waals surface area (Å²) in [6.45, 7) is 4.13. The maximum atomic E-state index is 11.2. The number of nitrogens with zero attached hydrogens (tertiary/aromatic N) is 2. The Balaban J connectivity index is 2.18. The third-order valence-corrected chi connectivity index (χ3v) is 1.85. The molecule has 1 heterocycles. The maximum Gasteiger partial charge on any atom is 0.338 e. The molecule has 0 aromatic heterocycles. The molecule has 0 aliphatic carbocycles. The average Bonchev–Trinajstić information content (AvgIpc) is 2.04. The third-order valence-electron chi connectivity index (χ3n) is 1.85. The number of hydrogen-bond donors (Lipinski definition) is 1. The van der Waals surface area contributed by atoms with Crippen LogP contribution in [0.1, 0.15) is 0 Å². The lowest BCUT2D eigenvalue weighted by molar-refractivity contribution is -0.179. The number of hydroxylamine groups is 2. The lowest BCUT2D eigenvalue weighted by Crippen LogP contribution is -2.46. The quantitative estimate of drug-likeness (QED) is 0.569. The number of carbonyl (C=O) groups is 1. The molecule has 1 saturated heterocycles. The van der Waals surface area contributed by atoms with Gasteiger partial charge in [-0.25, -0.2) is 4.79 Å². The van der Waals surface area contributed by atoms with E-state index in [9.17, 15) is 4.79 Å². The maximum absolute atomic E-state index is 11.2. The first-order valence-corrected chi connectivity index (χ1v) is 4.49. The van der Waals surface area contributed by atoms with E-state index >= 15 is 0 Å². The summed E-state index contributed by atoms with van der Waals surface area (Å²) >= 11 is 0. The van der Waals surface area contributed by atoms with E-state index in [1.807, 2.05) is 0 Å². The van der Waals surface area contributed by atoms with Crippen LogP contribution in [0.3, 0.4) is 0 Å². The van der Waals surface area contributed by atoms with E-state index in [1.54, 1.807) is 14.1 Å². The van der Waals surface area contributed by atoms with Gasteiger partial charge in [0.1, 0.15) is 0 Å². The standard InChI is InChI=1S/C8H17N3O2/c1-10(2)13-8(12)7-11-5-3-9-4-6-11/h9H,3-7H2,1-2H3. The largest absolute Gasteiger partial charge is 0.367 e. The first-order valence-electron chi connectivity index (χ1n) is 4.49. The van der Waals surface area contributed by atoms with Crippen molar-refractivity contribution in [1.82, 2.24) is 15.3 Å². The molecule has 5 heteroatoms. The second kappa shape index (κ2) is 5.16. The molecule has 1 aliphatic rings. The zero-order valence-corrected chi connectivity index (χ0v) is 8.25. The van der Waals surface area contributed by atoms with Crippen molar-refractivity contribution in [3.63, 3.8) is 0 Å². The predicted octanol–water partition coefficient (Wildman–Crippen LogP) is -1.09. The molecular weight excluding hydrogens is 170 g/mol. The lowest BCUT2D eigenvalue weighted by atomic mass is 10.3. The zero-order chi connectivity index (χ0) is 9.68. The van der Waals surface area contributed by atoms with Gasteiger partial charge in [0.15, 0.2) is 0 Å². The molecule has 0 aromatic carbocycles. The lowest BCUT2D eigenvalue weighted by Gasteiger charge is -2.26. The van der Waals surface area contributed by atoms with Crippen molar-refractivity contribution < 1.29 is 9.63 Å². The van der Waals surface area contributed by atoms with Crippen LogP contribution in [0.15, 0.2) is 0 Å². The van der Waals surface area contributed by atoms with Crippen molar-refractivity contribution in [3.8, 4) is 0 Å². The predicted molar refractivity (Wildman–Crippen MR) is 49.1 cm³/mol. The molecule has 0 unspecified atom stereocenters. The van der Waals surface area contributed by atoms with E-state index < -0.39 is 0 Å². The number of piperazine rings is 1. The first-order chi connectivity index (χ1) is 6.18. The Morgan fingerprint density at radius 1 is 1.46 bits per heavy atom.